The smallest absolute Gasteiger partial charge is 0.251 e. The van der Waals surface area contributed by atoms with Crippen LogP contribution in [0.25, 0.3) is 0 Å². The Bertz CT molecular complexity index is 582. The van der Waals surface area contributed by atoms with Gasteiger partial charge in [-0.15, -0.1) is 0 Å². The first-order valence-electron chi connectivity index (χ1n) is 8.60. The number of hydrogen-bond donors (Lipinski definition) is 2. The lowest BCUT2D eigenvalue weighted by molar-refractivity contribution is -0.136. The maximum atomic E-state index is 12.4. The van der Waals surface area contributed by atoms with E-state index in [2.05, 4.69) is 5.32 Å². The minimum absolute atomic E-state index is 0.00538. The topological polar surface area (TPSA) is 75.4 Å². The average molecular weight is 331 g/mol. The van der Waals surface area contributed by atoms with Crippen LogP contribution < -0.4 is 11.1 Å². The molecule has 1 unspecified atom stereocenters. The molecule has 132 valence electrons. The number of piperidine rings is 1. The molecule has 2 rings (SSSR count). The van der Waals surface area contributed by atoms with Crippen molar-refractivity contribution in [2.24, 2.45) is 11.1 Å². The van der Waals surface area contributed by atoms with Gasteiger partial charge in [0.15, 0.2) is 0 Å². The molecule has 5 nitrogen and oxygen atoms in total. The predicted molar refractivity (Wildman–Crippen MR) is 95.7 cm³/mol. The van der Waals surface area contributed by atoms with Gasteiger partial charge >= 0.3 is 0 Å². The highest BCUT2D eigenvalue weighted by Crippen LogP contribution is 2.21. The summed E-state index contributed by atoms with van der Waals surface area (Å²) < 4.78 is 0. The van der Waals surface area contributed by atoms with Crippen molar-refractivity contribution in [2.75, 3.05) is 13.1 Å². The van der Waals surface area contributed by atoms with Gasteiger partial charge in [0.25, 0.3) is 5.91 Å². The first kappa shape index (κ1) is 18.5. The number of nitrogens with one attached hydrogen (secondary N) is 1. The summed E-state index contributed by atoms with van der Waals surface area (Å²) in [7, 11) is 0. The van der Waals surface area contributed by atoms with E-state index in [1.54, 1.807) is 0 Å². The summed E-state index contributed by atoms with van der Waals surface area (Å²) in [6, 6.07) is 7.16. The molecule has 5 heteroatoms. The maximum Gasteiger partial charge on any atom is 0.251 e. The number of carbonyl (C=O) groups is 2. The summed E-state index contributed by atoms with van der Waals surface area (Å²) in [6.07, 6.45) is 1.53. The number of nitrogens with two attached hydrogens (primary N) is 1. The molecule has 24 heavy (non-hydrogen) atoms. The van der Waals surface area contributed by atoms with E-state index in [1.165, 1.54) is 0 Å². The van der Waals surface area contributed by atoms with Crippen LogP contribution in [0.4, 0.5) is 0 Å². The molecule has 0 radical (unpaired) electrons. The van der Waals surface area contributed by atoms with Crippen molar-refractivity contribution in [2.45, 2.75) is 52.6 Å². The molecular weight excluding hydrogens is 302 g/mol. The Labute approximate surface area is 144 Å². The molecule has 1 aromatic carbocycles. The lowest BCUT2D eigenvalue weighted by atomic mass is 9.86. The summed E-state index contributed by atoms with van der Waals surface area (Å²) in [5, 5.41) is 3.07. The van der Waals surface area contributed by atoms with Crippen molar-refractivity contribution < 1.29 is 9.59 Å². The fraction of sp³-hybridized carbons (Fsp3) is 0.579. The Balaban J connectivity index is 1.85. The van der Waals surface area contributed by atoms with E-state index < -0.39 is 6.04 Å². The second-order valence-corrected chi connectivity index (χ2v) is 7.78. The van der Waals surface area contributed by atoms with Crippen molar-refractivity contribution in [1.82, 2.24) is 10.2 Å². The third-order valence-electron chi connectivity index (χ3n) is 4.65. The molecule has 1 heterocycles. The molecule has 1 aliphatic heterocycles. The van der Waals surface area contributed by atoms with Crippen LogP contribution in [0.15, 0.2) is 24.3 Å². The highest BCUT2D eigenvalue weighted by Gasteiger charge is 2.33. The van der Waals surface area contributed by atoms with E-state index in [0.29, 0.717) is 18.7 Å². The molecule has 0 spiro atoms. The van der Waals surface area contributed by atoms with Crippen LogP contribution in [0.3, 0.4) is 0 Å². The summed E-state index contributed by atoms with van der Waals surface area (Å²) in [4.78, 5) is 26.5. The summed E-state index contributed by atoms with van der Waals surface area (Å²) in [5.74, 6) is -0.0445. The number of amides is 2. The molecule has 0 bridgehead atoms. The summed E-state index contributed by atoms with van der Waals surface area (Å²) in [6.45, 7) is 9.21. The van der Waals surface area contributed by atoms with E-state index in [1.807, 2.05) is 56.9 Å². The van der Waals surface area contributed by atoms with Gasteiger partial charge in [0, 0.05) is 24.7 Å². The third-order valence-corrected chi connectivity index (χ3v) is 4.65. The Hall–Kier alpha value is -1.88. The highest BCUT2D eigenvalue weighted by atomic mass is 16.2. The lowest BCUT2D eigenvalue weighted by Gasteiger charge is -2.36. The van der Waals surface area contributed by atoms with Gasteiger partial charge in [-0.05, 0) is 37.3 Å². The molecule has 3 N–H and O–H groups in total. The van der Waals surface area contributed by atoms with Gasteiger partial charge in [0.05, 0.1) is 6.04 Å². The number of likely N-dealkylation sites (tertiary alicyclic amines) is 1. The van der Waals surface area contributed by atoms with Gasteiger partial charge in [-0.3, -0.25) is 9.59 Å². The van der Waals surface area contributed by atoms with E-state index in [9.17, 15) is 9.59 Å². The highest BCUT2D eigenvalue weighted by molar-refractivity contribution is 5.94. The minimum Gasteiger partial charge on any atom is -0.349 e. The van der Waals surface area contributed by atoms with Crippen LogP contribution in [0.5, 0.6) is 0 Å². The first-order valence-corrected chi connectivity index (χ1v) is 8.60. The Kier molecular flexibility index (Phi) is 5.65. The molecule has 0 aromatic heterocycles. The Morgan fingerprint density at radius 3 is 2.21 bits per heavy atom. The van der Waals surface area contributed by atoms with E-state index >= 15 is 0 Å². The predicted octanol–water partition coefficient (Wildman–Crippen LogP) is 2.09. The number of hydrogen-bond acceptors (Lipinski definition) is 3. The van der Waals surface area contributed by atoms with Crippen LogP contribution in [0.1, 0.15) is 49.5 Å². The molecule has 1 aromatic rings. The average Bonchev–Trinajstić information content (AvgIpc) is 2.54. The molecule has 1 aliphatic rings. The lowest BCUT2D eigenvalue weighted by Crippen LogP contribution is -2.54. The largest absolute Gasteiger partial charge is 0.349 e. The maximum absolute atomic E-state index is 12.4. The van der Waals surface area contributed by atoms with Gasteiger partial charge in [-0.2, -0.15) is 0 Å². The zero-order chi connectivity index (χ0) is 17.9. The molecule has 1 atom stereocenters. The molecule has 0 saturated carbocycles. The zero-order valence-electron chi connectivity index (χ0n) is 15.1. The van der Waals surface area contributed by atoms with Gasteiger partial charge in [0.1, 0.15) is 0 Å². The standard InChI is InChI=1S/C19H29N3O2/c1-13-5-7-14(8-6-13)17(23)21-15-9-11-22(12-10-15)18(24)16(20)19(2,3)4/h5-8,15-16H,9-12,20H2,1-4H3,(H,21,23). The molecular formula is C19H29N3O2. The second-order valence-electron chi connectivity index (χ2n) is 7.78. The quantitative estimate of drug-likeness (QED) is 0.890. The van der Waals surface area contributed by atoms with E-state index in [-0.39, 0.29) is 23.3 Å². The van der Waals surface area contributed by atoms with Crippen LogP contribution in [0, 0.1) is 12.3 Å². The van der Waals surface area contributed by atoms with Crippen molar-refractivity contribution in [1.29, 1.82) is 0 Å². The molecule has 2 amide bonds. The molecule has 0 aliphatic carbocycles. The van der Waals surface area contributed by atoms with Crippen molar-refractivity contribution in [3.05, 3.63) is 35.4 Å². The summed E-state index contributed by atoms with van der Waals surface area (Å²) in [5.41, 5.74) is 7.63. The molecule has 1 fully saturated rings. The van der Waals surface area contributed by atoms with Crippen molar-refractivity contribution >= 4 is 11.8 Å². The van der Waals surface area contributed by atoms with Crippen LogP contribution >= 0.6 is 0 Å². The molecule has 1 saturated heterocycles. The van der Waals surface area contributed by atoms with Crippen LogP contribution in [0.2, 0.25) is 0 Å². The first-order chi connectivity index (χ1) is 11.2. The number of rotatable bonds is 3. The monoisotopic (exact) mass is 331 g/mol. The van der Waals surface area contributed by atoms with Gasteiger partial charge in [-0.1, -0.05) is 38.5 Å². The third kappa shape index (κ3) is 4.57. The van der Waals surface area contributed by atoms with Crippen LogP contribution in [-0.2, 0) is 4.79 Å². The number of nitrogens with zero attached hydrogens (tertiary/aromatic N) is 1. The van der Waals surface area contributed by atoms with Crippen LogP contribution in [-0.4, -0.2) is 41.9 Å². The number of aryl methyl sites for hydroxylation is 1. The van der Waals surface area contributed by atoms with Gasteiger partial charge < -0.3 is 16.0 Å². The SMILES string of the molecule is Cc1ccc(C(=O)NC2CCN(C(=O)C(N)C(C)(C)C)CC2)cc1. The summed E-state index contributed by atoms with van der Waals surface area (Å²) >= 11 is 0. The minimum atomic E-state index is -0.490. The van der Waals surface area contributed by atoms with E-state index in [4.69, 9.17) is 5.73 Å². The van der Waals surface area contributed by atoms with Gasteiger partial charge in [-0.25, -0.2) is 0 Å². The number of carbonyl (C=O) groups excluding carboxylic acids is 2. The van der Waals surface area contributed by atoms with Crippen molar-refractivity contribution in [3.8, 4) is 0 Å². The second kappa shape index (κ2) is 7.34. The Morgan fingerprint density at radius 2 is 1.71 bits per heavy atom. The number of benzene rings is 1. The van der Waals surface area contributed by atoms with E-state index in [0.717, 1.165) is 18.4 Å². The Morgan fingerprint density at radius 1 is 1.17 bits per heavy atom. The fourth-order valence-corrected chi connectivity index (χ4v) is 2.78. The van der Waals surface area contributed by atoms with Crippen molar-refractivity contribution in [3.63, 3.8) is 0 Å². The zero-order valence-corrected chi connectivity index (χ0v) is 15.1. The van der Waals surface area contributed by atoms with Gasteiger partial charge in [0.2, 0.25) is 5.91 Å². The fourth-order valence-electron chi connectivity index (χ4n) is 2.78. The normalized spacial score (nSPS) is 17.5.